The number of ether oxygens (including phenoxy) is 1. The Balaban J connectivity index is 1.91. The van der Waals surface area contributed by atoms with Crippen LogP contribution in [0.3, 0.4) is 0 Å². The topological polar surface area (TPSA) is 45.5 Å². The van der Waals surface area contributed by atoms with Gasteiger partial charge in [0.1, 0.15) is 11.8 Å². The summed E-state index contributed by atoms with van der Waals surface area (Å²) in [5.74, 6) is -0.414. The molecular formula is C14H22BFN2O3. The van der Waals surface area contributed by atoms with E-state index >= 15 is 0 Å². The summed E-state index contributed by atoms with van der Waals surface area (Å²) < 4.78 is 33.4. The summed E-state index contributed by atoms with van der Waals surface area (Å²) in [5.41, 5.74) is -0.695. The van der Waals surface area contributed by atoms with Gasteiger partial charge in [0.25, 0.3) is 0 Å². The van der Waals surface area contributed by atoms with Gasteiger partial charge >= 0.3 is 7.12 Å². The molecule has 2 fully saturated rings. The maximum Gasteiger partial charge on any atom is 0.517 e. The van der Waals surface area contributed by atoms with Crippen molar-refractivity contribution in [3.05, 3.63) is 12.0 Å². The van der Waals surface area contributed by atoms with Gasteiger partial charge in [-0.2, -0.15) is 5.10 Å². The maximum atomic E-state index is 14.2. The molecule has 116 valence electrons. The van der Waals surface area contributed by atoms with Crippen molar-refractivity contribution in [3.8, 4) is 0 Å². The Kier molecular flexibility index (Phi) is 3.62. The fourth-order valence-corrected chi connectivity index (χ4v) is 2.67. The Morgan fingerprint density at radius 1 is 1.24 bits per heavy atom. The Labute approximate surface area is 124 Å². The highest BCUT2D eigenvalue weighted by Gasteiger charge is 2.54. The summed E-state index contributed by atoms with van der Waals surface area (Å²) in [5, 5.41) is 4.14. The van der Waals surface area contributed by atoms with Gasteiger partial charge in [-0.15, -0.1) is 0 Å². The van der Waals surface area contributed by atoms with E-state index in [4.69, 9.17) is 14.0 Å². The molecule has 2 aliphatic rings. The van der Waals surface area contributed by atoms with Gasteiger partial charge in [-0.3, -0.25) is 0 Å². The molecule has 0 radical (unpaired) electrons. The lowest BCUT2D eigenvalue weighted by molar-refractivity contribution is -0.0380. The third-order valence-electron chi connectivity index (χ3n) is 4.69. The zero-order valence-corrected chi connectivity index (χ0v) is 13.1. The molecule has 1 unspecified atom stereocenters. The van der Waals surface area contributed by atoms with Crippen molar-refractivity contribution in [2.24, 2.45) is 0 Å². The van der Waals surface area contributed by atoms with E-state index in [1.807, 2.05) is 27.7 Å². The standard InChI is InChI=1S/C14H22BFN2O3/c1-13(2)14(3,4)21-15(20-13)12-10(16)9-17-18(12)11-7-5-6-8-19-11/h9,11H,5-8H2,1-4H3. The van der Waals surface area contributed by atoms with E-state index in [0.717, 1.165) is 19.3 Å². The normalized spacial score (nSPS) is 28.0. The van der Waals surface area contributed by atoms with Gasteiger partial charge in [0, 0.05) is 6.61 Å². The van der Waals surface area contributed by atoms with E-state index in [1.165, 1.54) is 6.20 Å². The minimum Gasteiger partial charge on any atom is -0.398 e. The van der Waals surface area contributed by atoms with Crippen LogP contribution in [-0.2, 0) is 14.0 Å². The molecule has 0 bridgehead atoms. The number of rotatable bonds is 2. The van der Waals surface area contributed by atoms with Crippen LogP contribution in [-0.4, -0.2) is 34.7 Å². The van der Waals surface area contributed by atoms with Crippen LogP contribution in [0.1, 0.15) is 53.2 Å². The predicted octanol–water partition coefficient (Wildman–Crippen LogP) is 2.02. The van der Waals surface area contributed by atoms with E-state index in [-0.39, 0.29) is 6.23 Å². The summed E-state index contributed by atoms with van der Waals surface area (Å²) in [7, 11) is -0.761. The molecule has 1 aromatic heterocycles. The van der Waals surface area contributed by atoms with Crippen LogP contribution in [0, 0.1) is 5.82 Å². The van der Waals surface area contributed by atoms with E-state index in [2.05, 4.69) is 5.10 Å². The van der Waals surface area contributed by atoms with Gasteiger partial charge in [-0.1, -0.05) is 0 Å². The van der Waals surface area contributed by atoms with E-state index in [9.17, 15) is 4.39 Å². The average Bonchev–Trinajstić information content (AvgIpc) is 2.89. The summed E-state index contributed by atoms with van der Waals surface area (Å²) >= 11 is 0. The smallest absolute Gasteiger partial charge is 0.398 e. The first kappa shape index (κ1) is 15.0. The Morgan fingerprint density at radius 3 is 2.48 bits per heavy atom. The molecule has 3 rings (SSSR count). The second-order valence-corrected chi connectivity index (χ2v) is 6.73. The van der Waals surface area contributed by atoms with Gasteiger partial charge in [0.05, 0.1) is 17.4 Å². The third kappa shape index (κ3) is 2.51. The average molecular weight is 296 g/mol. The fraction of sp³-hybridized carbons (Fsp3) is 0.786. The van der Waals surface area contributed by atoms with Gasteiger partial charge < -0.3 is 14.0 Å². The van der Waals surface area contributed by atoms with Gasteiger partial charge in [-0.25, -0.2) is 9.07 Å². The largest absolute Gasteiger partial charge is 0.517 e. The number of hydrogen-bond donors (Lipinski definition) is 0. The molecule has 3 heterocycles. The highest BCUT2D eigenvalue weighted by Crippen LogP contribution is 2.37. The second-order valence-electron chi connectivity index (χ2n) is 6.73. The lowest BCUT2D eigenvalue weighted by atomic mass is 9.84. The lowest BCUT2D eigenvalue weighted by Crippen LogP contribution is -2.43. The molecule has 1 atom stereocenters. The van der Waals surface area contributed by atoms with Crippen molar-refractivity contribution in [1.82, 2.24) is 9.78 Å². The molecule has 21 heavy (non-hydrogen) atoms. The maximum absolute atomic E-state index is 14.2. The zero-order valence-electron chi connectivity index (χ0n) is 13.1. The molecule has 0 amide bonds. The quantitative estimate of drug-likeness (QED) is 0.783. The van der Waals surface area contributed by atoms with Crippen molar-refractivity contribution in [2.45, 2.75) is 64.4 Å². The third-order valence-corrected chi connectivity index (χ3v) is 4.69. The van der Waals surface area contributed by atoms with Gasteiger partial charge in [-0.05, 0) is 47.0 Å². The monoisotopic (exact) mass is 296 g/mol. The van der Waals surface area contributed by atoms with Crippen molar-refractivity contribution in [2.75, 3.05) is 6.61 Å². The summed E-state index contributed by atoms with van der Waals surface area (Å²) in [6.07, 6.45) is 3.88. The summed E-state index contributed by atoms with van der Waals surface area (Å²) in [6.45, 7) is 8.46. The van der Waals surface area contributed by atoms with Crippen LogP contribution in [0.15, 0.2) is 6.20 Å². The first-order valence-corrected chi connectivity index (χ1v) is 7.52. The number of nitrogens with zero attached hydrogens (tertiary/aromatic N) is 2. The first-order chi connectivity index (χ1) is 9.82. The Morgan fingerprint density at radius 2 is 1.90 bits per heavy atom. The highest BCUT2D eigenvalue weighted by atomic mass is 19.1. The fourth-order valence-electron chi connectivity index (χ4n) is 2.67. The van der Waals surface area contributed by atoms with Crippen molar-refractivity contribution < 1.29 is 18.4 Å². The number of hydrogen-bond acceptors (Lipinski definition) is 4. The van der Waals surface area contributed by atoms with E-state index in [0.29, 0.717) is 12.2 Å². The van der Waals surface area contributed by atoms with Crippen LogP contribution in [0.5, 0.6) is 0 Å². The molecular weight excluding hydrogens is 274 g/mol. The van der Waals surface area contributed by atoms with Crippen molar-refractivity contribution in [1.29, 1.82) is 0 Å². The Bertz CT molecular complexity index is 510. The minimum absolute atomic E-state index is 0.239. The molecule has 0 spiro atoms. The van der Waals surface area contributed by atoms with Crippen LogP contribution in [0.4, 0.5) is 4.39 Å². The SMILES string of the molecule is CC1(C)OB(c2c(F)cnn2C2CCCCO2)OC1(C)C. The molecule has 0 aliphatic carbocycles. The molecule has 5 nitrogen and oxygen atoms in total. The van der Waals surface area contributed by atoms with E-state index in [1.54, 1.807) is 4.68 Å². The molecule has 0 saturated carbocycles. The van der Waals surface area contributed by atoms with Crippen molar-refractivity contribution in [3.63, 3.8) is 0 Å². The van der Waals surface area contributed by atoms with Crippen LogP contribution >= 0.6 is 0 Å². The van der Waals surface area contributed by atoms with E-state index < -0.39 is 24.1 Å². The minimum atomic E-state index is -0.761. The second kappa shape index (κ2) is 5.07. The van der Waals surface area contributed by atoms with Crippen LogP contribution in [0.2, 0.25) is 0 Å². The summed E-state index contributed by atoms with van der Waals surface area (Å²) in [6, 6.07) is 0. The molecule has 0 aromatic carbocycles. The molecule has 7 heteroatoms. The number of aromatic nitrogens is 2. The summed E-state index contributed by atoms with van der Waals surface area (Å²) in [4.78, 5) is 0. The Hall–Kier alpha value is -0.915. The molecule has 0 N–H and O–H groups in total. The molecule has 2 aliphatic heterocycles. The zero-order chi connectivity index (χ0) is 15.3. The predicted molar refractivity (Wildman–Crippen MR) is 76.7 cm³/mol. The number of halogens is 1. The van der Waals surface area contributed by atoms with Gasteiger partial charge in [0.2, 0.25) is 0 Å². The highest BCUT2D eigenvalue weighted by molar-refractivity contribution is 6.61. The first-order valence-electron chi connectivity index (χ1n) is 7.52. The van der Waals surface area contributed by atoms with Gasteiger partial charge in [0.15, 0.2) is 5.82 Å². The lowest BCUT2D eigenvalue weighted by Gasteiger charge is -2.32. The molecule has 1 aromatic rings. The van der Waals surface area contributed by atoms with Crippen LogP contribution < -0.4 is 5.59 Å². The molecule has 2 saturated heterocycles. The van der Waals surface area contributed by atoms with Crippen LogP contribution in [0.25, 0.3) is 0 Å². The van der Waals surface area contributed by atoms with Crippen molar-refractivity contribution >= 4 is 12.7 Å².